The zero-order valence-electron chi connectivity index (χ0n) is 12.0. The molecule has 4 heteroatoms. The lowest BCUT2D eigenvalue weighted by Crippen LogP contribution is -2.23. The van der Waals surface area contributed by atoms with Gasteiger partial charge in [-0.25, -0.2) is 4.98 Å². The van der Waals surface area contributed by atoms with Gasteiger partial charge in [0.25, 0.3) is 0 Å². The molecule has 1 aliphatic rings. The molecule has 1 saturated heterocycles. The summed E-state index contributed by atoms with van der Waals surface area (Å²) in [6, 6.07) is 6.07. The molecule has 0 bridgehead atoms. The highest BCUT2D eigenvalue weighted by Crippen LogP contribution is 2.23. The maximum Gasteiger partial charge on any atom is 0.128 e. The van der Waals surface area contributed by atoms with E-state index in [1.165, 1.54) is 0 Å². The summed E-state index contributed by atoms with van der Waals surface area (Å²) in [5, 5.41) is 6.74. The molecule has 2 heterocycles. The maximum absolute atomic E-state index is 5.71. The van der Waals surface area contributed by atoms with Gasteiger partial charge in [-0.15, -0.1) is 0 Å². The first-order valence-corrected chi connectivity index (χ1v) is 7.40. The fourth-order valence-electron chi connectivity index (χ4n) is 2.50. The number of anilines is 2. The molecule has 0 saturated carbocycles. The van der Waals surface area contributed by atoms with Crippen LogP contribution in [0.2, 0.25) is 0 Å². The fraction of sp³-hybridized carbons (Fsp3) is 0.667. The van der Waals surface area contributed by atoms with Gasteiger partial charge in [0.2, 0.25) is 0 Å². The Balaban J connectivity index is 1.85. The number of nitrogens with one attached hydrogen (secondary N) is 2. The van der Waals surface area contributed by atoms with Gasteiger partial charge in [0.1, 0.15) is 11.6 Å². The van der Waals surface area contributed by atoms with Gasteiger partial charge >= 0.3 is 0 Å². The van der Waals surface area contributed by atoms with Crippen LogP contribution in [0, 0.1) is 5.92 Å². The van der Waals surface area contributed by atoms with E-state index in [-0.39, 0.29) is 0 Å². The molecule has 19 heavy (non-hydrogen) atoms. The first-order chi connectivity index (χ1) is 9.33. The molecule has 0 amide bonds. The number of rotatable bonds is 7. The molecular formula is C15H25N3O. The van der Waals surface area contributed by atoms with Crippen molar-refractivity contribution in [3.05, 3.63) is 18.2 Å². The van der Waals surface area contributed by atoms with E-state index in [1.54, 1.807) is 0 Å². The quantitative estimate of drug-likeness (QED) is 0.793. The fourth-order valence-corrected chi connectivity index (χ4v) is 2.50. The van der Waals surface area contributed by atoms with Crippen molar-refractivity contribution in [1.29, 1.82) is 0 Å². The predicted molar refractivity (Wildman–Crippen MR) is 79.6 cm³/mol. The van der Waals surface area contributed by atoms with Gasteiger partial charge < -0.3 is 15.4 Å². The van der Waals surface area contributed by atoms with E-state index in [0.29, 0.717) is 12.0 Å². The highest BCUT2D eigenvalue weighted by Gasteiger charge is 2.26. The highest BCUT2D eigenvalue weighted by molar-refractivity contribution is 5.45. The van der Waals surface area contributed by atoms with E-state index in [4.69, 9.17) is 4.74 Å². The van der Waals surface area contributed by atoms with Gasteiger partial charge in [0, 0.05) is 25.6 Å². The first-order valence-electron chi connectivity index (χ1n) is 7.40. The third-order valence-electron chi connectivity index (χ3n) is 3.60. The molecule has 1 aromatic rings. The van der Waals surface area contributed by atoms with Crippen molar-refractivity contribution >= 4 is 11.6 Å². The Morgan fingerprint density at radius 1 is 1.26 bits per heavy atom. The van der Waals surface area contributed by atoms with Crippen LogP contribution in [0.4, 0.5) is 11.6 Å². The van der Waals surface area contributed by atoms with E-state index < -0.39 is 0 Å². The summed E-state index contributed by atoms with van der Waals surface area (Å²) in [7, 11) is 0. The lowest BCUT2D eigenvalue weighted by atomic mass is 10.00. The van der Waals surface area contributed by atoms with Gasteiger partial charge in [-0.2, -0.15) is 0 Å². The van der Waals surface area contributed by atoms with Crippen LogP contribution in [0.25, 0.3) is 0 Å². The third-order valence-corrected chi connectivity index (χ3v) is 3.60. The summed E-state index contributed by atoms with van der Waals surface area (Å²) in [4.78, 5) is 4.56. The predicted octanol–water partition coefficient (Wildman–Crippen LogP) is 3.13. The molecule has 0 radical (unpaired) electrons. The Labute approximate surface area is 116 Å². The van der Waals surface area contributed by atoms with E-state index >= 15 is 0 Å². The Bertz CT molecular complexity index is 383. The maximum atomic E-state index is 5.71. The summed E-state index contributed by atoms with van der Waals surface area (Å²) in [5.74, 6) is 2.50. The Morgan fingerprint density at radius 2 is 2.05 bits per heavy atom. The number of pyridine rings is 1. The summed E-state index contributed by atoms with van der Waals surface area (Å²) < 4.78 is 5.71. The van der Waals surface area contributed by atoms with Gasteiger partial charge in [0.05, 0.1) is 6.10 Å². The standard InChI is InChI=1S/C15H25N3O/c1-3-9-16-14-6-5-7-15(18-14)17-11-12-8-10-19-13(12)4-2/h5-7,12-13H,3-4,8-11H2,1-2H3,(H2,16,17,18). The number of aromatic nitrogens is 1. The van der Waals surface area contributed by atoms with E-state index in [0.717, 1.165) is 50.6 Å². The minimum absolute atomic E-state index is 0.411. The molecule has 106 valence electrons. The highest BCUT2D eigenvalue weighted by atomic mass is 16.5. The second kappa shape index (κ2) is 7.34. The SMILES string of the molecule is CCCNc1cccc(NCC2CCOC2CC)n1. The number of ether oxygens (including phenoxy) is 1. The van der Waals surface area contributed by atoms with Gasteiger partial charge in [0.15, 0.2) is 0 Å². The van der Waals surface area contributed by atoms with Crippen molar-refractivity contribution in [2.24, 2.45) is 5.92 Å². The third kappa shape index (κ3) is 4.10. The smallest absolute Gasteiger partial charge is 0.128 e. The monoisotopic (exact) mass is 263 g/mol. The average Bonchev–Trinajstić information content (AvgIpc) is 2.91. The topological polar surface area (TPSA) is 46.2 Å². The molecule has 0 aromatic carbocycles. The van der Waals surface area contributed by atoms with Crippen molar-refractivity contribution < 1.29 is 4.74 Å². The Morgan fingerprint density at radius 3 is 2.79 bits per heavy atom. The zero-order chi connectivity index (χ0) is 13.5. The van der Waals surface area contributed by atoms with Gasteiger partial charge in [-0.1, -0.05) is 19.9 Å². The van der Waals surface area contributed by atoms with Crippen LogP contribution in [-0.2, 0) is 4.74 Å². The Hall–Kier alpha value is -1.29. The molecule has 2 rings (SSSR count). The second-order valence-electron chi connectivity index (χ2n) is 5.08. The molecule has 1 aliphatic heterocycles. The lowest BCUT2D eigenvalue weighted by Gasteiger charge is -2.17. The normalized spacial score (nSPS) is 22.4. The first kappa shape index (κ1) is 14.1. The van der Waals surface area contributed by atoms with Crippen LogP contribution in [0.5, 0.6) is 0 Å². The molecule has 0 spiro atoms. The van der Waals surface area contributed by atoms with Crippen LogP contribution in [0.1, 0.15) is 33.1 Å². The molecule has 4 nitrogen and oxygen atoms in total. The number of hydrogen-bond donors (Lipinski definition) is 2. The zero-order valence-corrected chi connectivity index (χ0v) is 12.0. The summed E-state index contributed by atoms with van der Waals surface area (Å²) in [6.07, 6.45) is 3.77. The Kier molecular flexibility index (Phi) is 5.45. The van der Waals surface area contributed by atoms with E-state index in [1.807, 2.05) is 18.2 Å². The summed E-state index contributed by atoms with van der Waals surface area (Å²) >= 11 is 0. The molecule has 1 fully saturated rings. The van der Waals surface area contributed by atoms with Crippen LogP contribution >= 0.6 is 0 Å². The van der Waals surface area contributed by atoms with Gasteiger partial charge in [-0.05, 0) is 31.4 Å². The van der Waals surface area contributed by atoms with Crippen LogP contribution < -0.4 is 10.6 Å². The van der Waals surface area contributed by atoms with Crippen molar-refractivity contribution in [1.82, 2.24) is 4.98 Å². The molecule has 2 N–H and O–H groups in total. The molecule has 2 atom stereocenters. The minimum Gasteiger partial charge on any atom is -0.378 e. The number of hydrogen-bond acceptors (Lipinski definition) is 4. The van der Waals surface area contributed by atoms with Crippen LogP contribution in [0.15, 0.2) is 18.2 Å². The molecule has 2 unspecified atom stereocenters. The lowest BCUT2D eigenvalue weighted by molar-refractivity contribution is 0.0900. The van der Waals surface area contributed by atoms with Crippen molar-refractivity contribution in [3.63, 3.8) is 0 Å². The second-order valence-corrected chi connectivity index (χ2v) is 5.08. The van der Waals surface area contributed by atoms with Crippen molar-refractivity contribution in [2.75, 3.05) is 30.3 Å². The molecule has 1 aromatic heterocycles. The molecule has 0 aliphatic carbocycles. The minimum atomic E-state index is 0.411. The van der Waals surface area contributed by atoms with Gasteiger partial charge in [-0.3, -0.25) is 0 Å². The van der Waals surface area contributed by atoms with E-state index in [9.17, 15) is 0 Å². The van der Waals surface area contributed by atoms with Crippen molar-refractivity contribution in [2.45, 2.75) is 39.2 Å². The molecular weight excluding hydrogens is 238 g/mol. The summed E-state index contributed by atoms with van der Waals surface area (Å²) in [6.45, 7) is 7.15. The van der Waals surface area contributed by atoms with E-state index in [2.05, 4.69) is 29.5 Å². The van der Waals surface area contributed by atoms with Crippen LogP contribution in [0.3, 0.4) is 0 Å². The van der Waals surface area contributed by atoms with Crippen LogP contribution in [-0.4, -0.2) is 30.8 Å². The van der Waals surface area contributed by atoms with Crippen molar-refractivity contribution in [3.8, 4) is 0 Å². The largest absolute Gasteiger partial charge is 0.378 e. The average molecular weight is 263 g/mol. The number of nitrogens with zero attached hydrogens (tertiary/aromatic N) is 1. The summed E-state index contributed by atoms with van der Waals surface area (Å²) in [5.41, 5.74) is 0.